The van der Waals surface area contributed by atoms with Gasteiger partial charge in [-0.2, -0.15) is 13.2 Å². The monoisotopic (exact) mass is 275 g/mol. The van der Waals surface area contributed by atoms with Gasteiger partial charge in [-0.25, -0.2) is 0 Å². The van der Waals surface area contributed by atoms with E-state index in [0.717, 1.165) is 0 Å². The molecule has 3 nitrogen and oxygen atoms in total. The molecule has 0 aromatic heterocycles. The number of aliphatic carboxylic acids is 1. The first-order chi connectivity index (χ1) is 7.36. The minimum absolute atomic E-state index is 0. The second-order valence-electron chi connectivity index (χ2n) is 4.14. The Morgan fingerprint density at radius 3 is 2.53 bits per heavy atom. The fourth-order valence-electron chi connectivity index (χ4n) is 2.15. The number of nitrogens with zero attached hydrogens (tertiary/aromatic N) is 1. The van der Waals surface area contributed by atoms with Crippen molar-refractivity contribution in [1.29, 1.82) is 0 Å². The van der Waals surface area contributed by atoms with E-state index in [2.05, 4.69) is 0 Å². The lowest BCUT2D eigenvalue weighted by Gasteiger charge is -2.36. The Kier molecular flexibility index (Phi) is 6.26. The molecule has 2 atom stereocenters. The molecule has 17 heavy (non-hydrogen) atoms. The van der Waals surface area contributed by atoms with Gasteiger partial charge in [0.2, 0.25) is 0 Å². The molecule has 1 aliphatic heterocycles. The molecule has 1 saturated heterocycles. The number of rotatable bonds is 3. The van der Waals surface area contributed by atoms with Crippen molar-refractivity contribution in [3.05, 3.63) is 0 Å². The molecule has 0 aromatic rings. The number of carbonyl (C=O) groups is 1. The lowest BCUT2D eigenvalue weighted by atomic mass is 9.95. The van der Waals surface area contributed by atoms with Gasteiger partial charge in [-0.3, -0.25) is 9.69 Å². The standard InChI is InChI=1S/C10H16F3NO2.ClH/c1-2-8(9(15)16)14-5-3-4-7(6-14)10(11,12)13;/h7-8H,2-6H2,1H3,(H,15,16);1H. The van der Waals surface area contributed by atoms with E-state index in [4.69, 9.17) is 5.11 Å². The lowest BCUT2D eigenvalue weighted by molar-refractivity contribution is -0.190. The molecule has 0 bridgehead atoms. The third-order valence-corrected chi connectivity index (χ3v) is 3.03. The van der Waals surface area contributed by atoms with E-state index in [-0.39, 0.29) is 25.4 Å². The summed E-state index contributed by atoms with van der Waals surface area (Å²) in [5, 5.41) is 8.89. The van der Waals surface area contributed by atoms with Gasteiger partial charge in [0.05, 0.1) is 5.92 Å². The largest absolute Gasteiger partial charge is 0.480 e. The van der Waals surface area contributed by atoms with Crippen LogP contribution in [-0.2, 0) is 4.79 Å². The first-order valence-corrected chi connectivity index (χ1v) is 5.39. The Hall–Kier alpha value is -0.490. The molecular formula is C10H17ClF3NO2. The highest BCUT2D eigenvalue weighted by atomic mass is 35.5. The topological polar surface area (TPSA) is 40.5 Å². The quantitative estimate of drug-likeness (QED) is 0.860. The van der Waals surface area contributed by atoms with Crippen molar-refractivity contribution < 1.29 is 23.1 Å². The van der Waals surface area contributed by atoms with Crippen LogP contribution in [0.1, 0.15) is 26.2 Å². The predicted octanol–water partition coefficient (Wildman–Crippen LogP) is 2.55. The summed E-state index contributed by atoms with van der Waals surface area (Å²) in [5.74, 6) is -2.42. The molecule has 0 saturated carbocycles. The van der Waals surface area contributed by atoms with Gasteiger partial charge in [-0.15, -0.1) is 12.4 Å². The zero-order valence-electron chi connectivity index (χ0n) is 9.54. The van der Waals surface area contributed by atoms with Crippen LogP contribution in [0.2, 0.25) is 0 Å². The second kappa shape index (κ2) is 6.44. The smallest absolute Gasteiger partial charge is 0.393 e. The van der Waals surface area contributed by atoms with Gasteiger partial charge >= 0.3 is 12.1 Å². The van der Waals surface area contributed by atoms with E-state index in [1.807, 2.05) is 0 Å². The first-order valence-electron chi connectivity index (χ1n) is 5.39. The summed E-state index contributed by atoms with van der Waals surface area (Å²) in [7, 11) is 0. The number of halogens is 4. The average molecular weight is 276 g/mol. The van der Waals surface area contributed by atoms with Gasteiger partial charge in [-0.05, 0) is 25.8 Å². The number of carboxylic acid groups (broad SMARTS) is 1. The molecule has 1 rings (SSSR count). The maximum Gasteiger partial charge on any atom is 0.393 e. The van der Waals surface area contributed by atoms with E-state index in [1.165, 1.54) is 4.90 Å². The molecule has 1 heterocycles. The first kappa shape index (κ1) is 16.5. The van der Waals surface area contributed by atoms with E-state index in [1.54, 1.807) is 6.92 Å². The van der Waals surface area contributed by atoms with Crippen molar-refractivity contribution in [2.24, 2.45) is 5.92 Å². The molecule has 1 fully saturated rings. The SMILES string of the molecule is CCC(C(=O)O)N1CCCC(C(F)(F)F)C1.Cl. The van der Waals surface area contributed by atoms with Gasteiger partial charge in [0.25, 0.3) is 0 Å². The molecule has 0 amide bonds. The van der Waals surface area contributed by atoms with Crippen LogP contribution < -0.4 is 0 Å². The Morgan fingerprint density at radius 1 is 1.53 bits per heavy atom. The van der Waals surface area contributed by atoms with Gasteiger partial charge in [0.15, 0.2) is 0 Å². The average Bonchev–Trinajstić information content (AvgIpc) is 2.17. The molecule has 0 aliphatic carbocycles. The molecule has 1 aliphatic rings. The summed E-state index contributed by atoms with van der Waals surface area (Å²) in [6.07, 6.45) is -3.36. The molecular weight excluding hydrogens is 259 g/mol. The number of carboxylic acids is 1. The molecule has 7 heteroatoms. The van der Waals surface area contributed by atoms with Crippen LogP contribution in [0, 0.1) is 5.92 Å². The molecule has 0 spiro atoms. The van der Waals surface area contributed by atoms with E-state index in [0.29, 0.717) is 19.4 Å². The molecule has 102 valence electrons. The van der Waals surface area contributed by atoms with Crippen LogP contribution in [0.5, 0.6) is 0 Å². The van der Waals surface area contributed by atoms with Crippen LogP contribution in [0.3, 0.4) is 0 Å². The maximum atomic E-state index is 12.5. The summed E-state index contributed by atoms with van der Waals surface area (Å²) in [6, 6.07) is -0.787. The summed E-state index contributed by atoms with van der Waals surface area (Å²) < 4.78 is 37.5. The van der Waals surface area contributed by atoms with E-state index in [9.17, 15) is 18.0 Å². The van der Waals surface area contributed by atoms with Gasteiger partial charge in [-0.1, -0.05) is 6.92 Å². The Labute approximate surface area is 104 Å². The second-order valence-corrected chi connectivity index (χ2v) is 4.14. The van der Waals surface area contributed by atoms with Crippen LogP contribution in [0.15, 0.2) is 0 Å². The summed E-state index contributed by atoms with van der Waals surface area (Å²) in [6.45, 7) is 1.93. The predicted molar refractivity (Wildman–Crippen MR) is 59.3 cm³/mol. The number of likely N-dealkylation sites (tertiary alicyclic amines) is 1. The number of piperidine rings is 1. The Morgan fingerprint density at radius 2 is 2.12 bits per heavy atom. The van der Waals surface area contributed by atoms with Crippen LogP contribution in [0.25, 0.3) is 0 Å². The van der Waals surface area contributed by atoms with Crippen molar-refractivity contribution in [2.45, 2.75) is 38.4 Å². The zero-order valence-corrected chi connectivity index (χ0v) is 10.4. The summed E-state index contributed by atoms with van der Waals surface area (Å²) >= 11 is 0. The number of alkyl halides is 3. The molecule has 0 aromatic carbocycles. The van der Waals surface area contributed by atoms with Crippen LogP contribution in [0.4, 0.5) is 13.2 Å². The van der Waals surface area contributed by atoms with Crippen molar-refractivity contribution in [2.75, 3.05) is 13.1 Å². The highest BCUT2D eigenvalue weighted by Crippen LogP contribution is 2.33. The van der Waals surface area contributed by atoms with E-state index >= 15 is 0 Å². The molecule has 0 radical (unpaired) electrons. The van der Waals surface area contributed by atoms with Gasteiger partial charge < -0.3 is 5.11 Å². The zero-order chi connectivity index (χ0) is 12.3. The lowest BCUT2D eigenvalue weighted by Crippen LogP contribution is -2.49. The Balaban J connectivity index is 0.00000256. The van der Waals surface area contributed by atoms with Gasteiger partial charge in [0, 0.05) is 6.54 Å². The fraction of sp³-hybridized carbons (Fsp3) is 0.900. The molecule has 1 N–H and O–H groups in total. The van der Waals surface area contributed by atoms with Crippen molar-refractivity contribution in [1.82, 2.24) is 4.90 Å². The summed E-state index contributed by atoms with van der Waals surface area (Å²) in [4.78, 5) is 12.3. The number of hydrogen-bond acceptors (Lipinski definition) is 2. The third kappa shape index (κ3) is 4.35. The van der Waals surface area contributed by atoms with Crippen molar-refractivity contribution >= 4 is 18.4 Å². The third-order valence-electron chi connectivity index (χ3n) is 3.03. The van der Waals surface area contributed by atoms with Gasteiger partial charge in [0.1, 0.15) is 6.04 Å². The normalized spacial score (nSPS) is 23.9. The highest BCUT2D eigenvalue weighted by molar-refractivity contribution is 5.85. The number of hydrogen-bond donors (Lipinski definition) is 1. The molecule has 2 unspecified atom stereocenters. The Bertz CT molecular complexity index is 260. The fourth-order valence-corrected chi connectivity index (χ4v) is 2.15. The minimum atomic E-state index is -4.21. The maximum absolute atomic E-state index is 12.5. The highest BCUT2D eigenvalue weighted by Gasteiger charge is 2.43. The van der Waals surface area contributed by atoms with E-state index < -0.39 is 24.1 Å². The van der Waals surface area contributed by atoms with Crippen LogP contribution in [-0.4, -0.2) is 41.3 Å². The summed E-state index contributed by atoms with van der Waals surface area (Å²) in [5.41, 5.74) is 0. The van der Waals surface area contributed by atoms with Crippen molar-refractivity contribution in [3.63, 3.8) is 0 Å². The minimum Gasteiger partial charge on any atom is -0.480 e. The van der Waals surface area contributed by atoms with Crippen LogP contribution >= 0.6 is 12.4 Å². The van der Waals surface area contributed by atoms with Crippen molar-refractivity contribution in [3.8, 4) is 0 Å².